The number of nitrogens with zero attached hydrogens (tertiary/aromatic N) is 3. The fourth-order valence-corrected chi connectivity index (χ4v) is 1.84. The predicted octanol–water partition coefficient (Wildman–Crippen LogP) is 0.967. The monoisotopic (exact) mass is 327 g/mol. The van der Waals surface area contributed by atoms with Crippen molar-refractivity contribution in [3.63, 3.8) is 0 Å². The predicted molar refractivity (Wildman–Crippen MR) is 73.0 cm³/mol. The van der Waals surface area contributed by atoms with Crippen LogP contribution in [0.3, 0.4) is 0 Å². The summed E-state index contributed by atoms with van der Waals surface area (Å²) >= 11 is 0. The summed E-state index contributed by atoms with van der Waals surface area (Å²) in [5.74, 6) is -1.57. The molecule has 2 rings (SSSR count). The lowest BCUT2D eigenvalue weighted by Crippen LogP contribution is -2.33. The number of aromatic nitrogens is 3. The van der Waals surface area contributed by atoms with Gasteiger partial charge in [-0.15, -0.1) is 5.10 Å². The van der Waals surface area contributed by atoms with Crippen LogP contribution in [-0.4, -0.2) is 39.5 Å². The zero-order valence-electron chi connectivity index (χ0n) is 11.9. The fraction of sp³-hybridized carbons (Fsp3) is 0.231. The maximum absolute atomic E-state index is 12.1. The van der Waals surface area contributed by atoms with E-state index < -0.39 is 24.5 Å². The Balaban J connectivity index is 2.17. The summed E-state index contributed by atoms with van der Waals surface area (Å²) in [7, 11) is 0. The second-order valence-corrected chi connectivity index (χ2v) is 4.64. The minimum absolute atomic E-state index is 0.0111. The molecule has 0 aliphatic heterocycles. The van der Waals surface area contributed by atoms with Crippen LogP contribution in [0.25, 0.3) is 5.69 Å². The van der Waals surface area contributed by atoms with Crippen molar-refractivity contribution in [2.45, 2.75) is 13.1 Å². The van der Waals surface area contributed by atoms with Gasteiger partial charge in [-0.2, -0.15) is 13.2 Å². The lowest BCUT2D eigenvalue weighted by Gasteiger charge is -2.09. The summed E-state index contributed by atoms with van der Waals surface area (Å²) < 4.78 is 37.5. The van der Waals surface area contributed by atoms with E-state index in [0.717, 1.165) is 0 Å². The van der Waals surface area contributed by atoms with Crippen molar-refractivity contribution in [3.05, 3.63) is 41.2 Å². The first kappa shape index (κ1) is 16.5. The highest BCUT2D eigenvalue weighted by molar-refractivity contribution is 5.94. The van der Waals surface area contributed by atoms with E-state index in [2.05, 4.69) is 10.3 Å². The minimum Gasteiger partial charge on any atom is -0.364 e. The van der Waals surface area contributed by atoms with Gasteiger partial charge in [0.25, 0.3) is 11.8 Å². The molecular formula is C13H12F3N5O2. The summed E-state index contributed by atoms with van der Waals surface area (Å²) in [4.78, 5) is 22.7. The Bertz CT molecular complexity index is 737. The number of halogens is 3. The Morgan fingerprint density at radius 3 is 2.35 bits per heavy atom. The Hall–Kier alpha value is -2.91. The van der Waals surface area contributed by atoms with Gasteiger partial charge >= 0.3 is 6.18 Å². The molecule has 7 nitrogen and oxygen atoms in total. The molecule has 0 radical (unpaired) electrons. The highest BCUT2D eigenvalue weighted by atomic mass is 19.4. The molecule has 10 heteroatoms. The molecule has 23 heavy (non-hydrogen) atoms. The third-order valence-electron chi connectivity index (χ3n) is 2.95. The van der Waals surface area contributed by atoms with Gasteiger partial charge < -0.3 is 11.1 Å². The normalized spacial score (nSPS) is 11.3. The third-order valence-corrected chi connectivity index (χ3v) is 2.95. The number of hydrogen-bond acceptors (Lipinski definition) is 4. The van der Waals surface area contributed by atoms with Crippen LogP contribution in [0.5, 0.6) is 0 Å². The fourth-order valence-electron chi connectivity index (χ4n) is 1.84. The largest absolute Gasteiger partial charge is 0.405 e. The second-order valence-electron chi connectivity index (χ2n) is 4.64. The van der Waals surface area contributed by atoms with Crippen molar-refractivity contribution in [1.82, 2.24) is 20.3 Å². The van der Waals surface area contributed by atoms with E-state index in [1.165, 1.54) is 28.9 Å². The minimum atomic E-state index is -4.47. The molecule has 0 aliphatic rings. The molecule has 0 spiro atoms. The number of carbonyl (C=O) groups is 2. The zero-order valence-corrected chi connectivity index (χ0v) is 11.9. The van der Waals surface area contributed by atoms with Gasteiger partial charge in [-0.3, -0.25) is 9.59 Å². The SMILES string of the molecule is Cc1c(C(N)=O)nnn1-c1ccc(C(=O)NCC(F)(F)F)cc1. The van der Waals surface area contributed by atoms with Crippen molar-refractivity contribution in [1.29, 1.82) is 0 Å². The Kier molecular flexibility index (Phi) is 4.34. The van der Waals surface area contributed by atoms with Crippen LogP contribution in [-0.2, 0) is 0 Å². The van der Waals surface area contributed by atoms with Crippen LogP contribution in [0.15, 0.2) is 24.3 Å². The van der Waals surface area contributed by atoms with Gasteiger partial charge in [0, 0.05) is 5.56 Å². The first-order valence-electron chi connectivity index (χ1n) is 6.36. The lowest BCUT2D eigenvalue weighted by atomic mass is 10.2. The summed E-state index contributed by atoms with van der Waals surface area (Å²) in [6, 6.07) is 5.61. The van der Waals surface area contributed by atoms with Crippen molar-refractivity contribution >= 4 is 11.8 Å². The molecule has 0 fully saturated rings. The Morgan fingerprint density at radius 2 is 1.87 bits per heavy atom. The van der Waals surface area contributed by atoms with Crippen molar-refractivity contribution in [2.24, 2.45) is 5.73 Å². The number of hydrogen-bond donors (Lipinski definition) is 2. The highest BCUT2D eigenvalue weighted by Gasteiger charge is 2.27. The molecule has 2 amide bonds. The quantitative estimate of drug-likeness (QED) is 0.873. The molecule has 2 aromatic rings. The molecule has 1 heterocycles. The van der Waals surface area contributed by atoms with Gasteiger partial charge in [0.1, 0.15) is 6.54 Å². The van der Waals surface area contributed by atoms with Gasteiger partial charge in [0.2, 0.25) is 0 Å². The number of alkyl halides is 3. The topological polar surface area (TPSA) is 103 Å². The van der Waals surface area contributed by atoms with Crippen molar-refractivity contribution in [2.75, 3.05) is 6.54 Å². The van der Waals surface area contributed by atoms with Gasteiger partial charge in [-0.1, -0.05) is 5.21 Å². The van der Waals surface area contributed by atoms with Crippen LogP contribution >= 0.6 is 0 Å². The number of nitrogens with two attached hydrogens (primary N) is 1. The third kappa shape index (κ3) is 3.84. The lowest BCUT2D eigenvalue weighted by molar-refractivity contribution is -0.123. The molecule has 0 atom stereocenters. The van der Waals surface area contributed by atoms with E-state index in [0.29, 0.717) is 11.4 Å². The number of benzene rings is 1. The van der Waals surface area contributed by atoms with Crippen LogP contribution in [0, 0.1) is 6.92 Å². The molecule has 0 saturated heterocycles. The molecule has 1 aromatic carbocycles. The van der Waals surface area contributed by atoms with E-state index in [4.69, 9.17) is 5.73 Å². The zero-order chi connectivity index (χ0) is 17.2. The summed E-state index contributed by atoms with van der Waals surface area (Å²) in [6.45, 7) is 0.182. The Labute approximate surface area is 128 Å². The average molecular weight is 327 g/mol. The summed E-state index contributed by atoms with van der Waals surface area (Å²) in [5, 5.41) is 9.18. The average Bonchev–Trinajstić information content (AvgIpc) is 2.86. The van der Waals surface area contributed by atoms with Gasteiger partial charge in [-0.05, 0) is 31.2 Å². The number of amides is 2. The summed E-state index contributed by atoms with van der Waals surface area (Å²) in [5.41, 5.74) is 6.10. The molecule has 1 aromatic heterocycles. The highest BCUT2D eigenvalue weighted by Crippen LogP contribution is 2.15. The number of rotatable bonds is 4. The molecule has 0 saturated carbocycles. The van der Waals surface area contributed by atoms with Gasteiger partial charge in [-0.25, -0.2) is 4.68 Å². The second kappa shape index (κ2) is 6.07. The van der Waals surface area contributed by atoms with Gasteiger partial charge in [0.05, 0.1) is 11.4 Å². The maximum Gasteiger partial charge on any atom is 0.405 e. The van der Waals surface area contributed by atoms with Crippen molar-refractivity contribution < 1.29 is 22.8 Å². The maximum atomic E-state index is 12.1. The standard InChI is InChI=1S/C13H12F3N5O2/c1-7-10(11(17)22)19-20-21(7)9-4-2-8(3-5-9)12(23)18-6-13(14,15)16/h2-5H,6H2,1H3,(H2,17,22)(H,18,23). The van der Waals surface area contributed by atoms with Crippen LogP contribution in [0.4, 0.5) is 13.2 Å². The molecule has 0 aliphatic carbocycles. The smallest absolute Gasteiger partial charge is 0.364 e. The van der Waals surface area contributed by atoms with Gasteiger partial charge in [0.15, 0.2) is 5.69 Å². The molecule has 122 valence electrons. The first-order valence-corrected chi connectivity index (χ1v) is 6.36. The van der Waals surface area contributed by atoms with E-state index in [1.54, 1.807) is 12.2 Å². The number of carbonyl (C=O) groups excluding carboxylic acids is 2. The van der Waals surface area contributed by atoms with Crippen LogP contribution < -0.4 is 11.1 Å². The van der Waals surface area contributed by atoms with E-state index in [9.17, 15) is 22.8 Å². The first-order chi connectivity index (χ1) is 10.7. The van der Waals surface area contributed by atoms with Crippen molar-refractivity contribution in [3.8, 4) is 5.69 Å². The number of nitrogens with one attached hydrogen (secondary N) is 1. The van der Waals surface area contributed by atoms with Crippen LogP contribution in [0.1, 0.15) is 26.5 Å². The molecular weight excluding hydrogens is 315 g/mol. The molecule has 3 N–H and O–H groups in total. The van der Waals surface area contributed by atoms with Crippen LogP contribution in [0.2, 0.25) is 0 Å². The van der Waals surface area contributed by atoms with E-state index in [1.807, 2.05) is 0 Å². The molecule has 0 unspecified atom stereocenters. The van der Waals surface area contributed by atoms with E-state index in [-0.39, 0.29) is 11.3 Å². The van der Waals surface area contributed by atoms with E-state index >= 15 is 0 Å². The summed E-state index contributed by atoms with van der Waals surface area (Å²) in [6.07, 6.45) is -4.47. The molecule has 0 bridgehead atoms. The number of primary amides is 1. The Morgan fingerprint density at radius 1 is 1.26 bits per heavy atom.